The van der Waals surface area contributed by atoms with Gasteiger partial charge in [-0.25, -0.2) is 4.98 Å². The first kappa shape index (κ1) is 16.8. The molecule has 0 saturated carbocycles. The predicted octanol–water partition coefficient (Wildman–Crippen LogP) is 1.34. The molecule has 0 bridgehead atoms. The van der Waals surface area contributed by atoms with Crippen LogP contribution >= 0.6 is 11.3 Å². The van der Waals surface area contributed by atoms with Crippen LogP contribution in [0.5, 0.6) is 5.75 Å². The highest BCUT2D eigenvalue weighted by Crippen LogP contribution is 2.21. The van der Waals surface area contributed by atoms with Gasteiger partial charge in [0.1, 0.15) is 10.6 Å². The minimum Gasteiger partial charge on any atom is -0.508 e. The number of carbonyl (C=O) groups is 1. The highest BCUT2D eigenvalue weighted by atomic mass is 32.1. The van der Waals surface area contributed by atoms with Crippen LogP contribution in [0.1, 0.15) is 26.8 Å². The van der Waals surface area contributed by atoms with E-state index in [2.05, 4.69) is 20.3 Å². The van der Waals surface area contributed by atoms with E-state index in [0.717, 1.165) is 23.1 Å². The molecule has 3 heterocycles. The number of pyridine rings is 1. The molecule has 1 amide bonds. The van der Waals surface area contributed by atoms with Gasteiger partial charge in [0.2, 0.25) is 0 Å². The second kappa shape index (κ2) is 6.81. The van der Waals surface area contributed by atoms with Gasteiger partial charge in [0.05, 0.1) is 29.8 Å². The molecule has 0 fully saturated rings. The highest BCUT2D eigenvalue weighted by Gasteiger charge is 2.17. The van der Waals surface area contributed by atoms with Gasteiger partial charge in [-0.15, -0.1) is 0 Å². The standard InChI is InChI=1S/C16H15N5O3S/c1-9-6-17-7-11(19-9)8-18-15(24)14-10(2)20-16(25-14)21-4-3-12(22)5-13(21)23/h3-7,22H,8H2,1-2H3,(H,18,24). The number of nitrogens with zero attached hydrogens (tertiary/aromatic N) is 4. The molecule has 0 atom stereocenters. The maximum absolute atomic E-state index is 12.4. The van der Waals surface area contributed by atoms with E-state index in [-0.39, 0.29) is 18.2 Å². The lowest BCUT2D eigenvalue weighted by Gasteiger charge is -2.04. The number of hydrogen-bond acceptors (Lipinski definition) is 7. The highest BCUT2D eigenvalue weighted by molar-refractivity contribution is 7.16. The van der Waals surface area contributed by atoms with E-state index in [9.17, 15) is 14.7 Å². The summed E-state index contributed by atoms with van der Waals surface area (Å²) in [5.41, 5.74) is 1.53. The zero-order valence-electron chi connectivity index (χ0n) is 13.6. The Labute approximate surface area is 146 Å². The Hall–Kier alpha value is -3.07. The van der Waals surface area contributed by atoms with Crippen molar-refractivity contribution in [2.75, 3.05) is 0 Å². The van der Waals surface area contributed by atoms with Crippen molar-refractivity contribution in [2.24, 2.45) is 0 Å². The number of nitrogens with one attached hydrogen (secondary N) is 1. The van der Waals surface area contributed by atoms with Crippen LogP contribution in [0.2, 0.25) is 0 Å². The van der Waals surface area contributed by atoms with Crippen LogP contribution in [-0.4, -0.2) is 30.5 Å². The molecule has 3 aromatic rings. The van der Waals surface area contributed by atoms with E-state index in [1.807, 2.05) is 6.92 Å². The number of amides is 1. The van der Waals surface area contributed by atoms with Crippen molar-refractivity contribution in [3.63, 3.8) is 0 Å². The Kier molecular flexibility index (Phi) is 4.57. The average molecular weight is 357 g/mol. The third-order valence-corrected chi connectivity index (χ3v) is 4.49. The van der Waals surface area contributed by atoms with Gasteiger partial charge in [-0.3, -0.25) is 24.1 Å². The Bertz CT molecular complexity index is 995. The molecule has 25 heavy (non-hydrogen) atoms. The first-order valence-electron chi connectivity index (χ1n) is 7.39. The largest absolute Gasteiger partial charge is 0.508 e. The molecular formula is C16H15N5O3S. The summed E-state index contributed by atoms with van der Waals surface area (Å²) in [4.78, 5) is 37.3. The van der Waals surface area contributed by atoms with E-state index in [1.165, 1.54) is 16.8 Å². The smallest absolute Gasteiger partial charge is 0.263 e. The van der Waals surface area contributed by atoms with E-state index >= 15 is 0 Å². The lowest BCUT2D eigenvalue weighted by atomic mass is 10.3. The van der Waals surface area contributed by atoms with E-state index in [4.69, 9.17) is 0 Å². The van der Waals surface area contributed by atoms with Gasteiger partial charge in [-0.1, -0.05) is 11.3 Å². The van der Waals surface area contributed by atoms with E-state index in [1.54, 1.807) is 19.3 Å². The summed E-state index contributed by atoms with van der Waals surface area (Å²) in [6.07, 6.45) is 4.65. The Morgan fingerprint density at radius 3 is 2.84 bits per heavy atom. The molecule has 0 unspecified atom stereocenters. The Morgan fingerprint density at radius 2 is 2.12 bits per heavy atom. The fraction of sp³-hybridized carbons (Fsp3) is 0.188. The Balaban J connectivity index is 1.80. The van der Waals surface area contributed by atoms with E-state index in [0.29, 0.717) is 21.4 Å². The number of carbonyl (C=O) groups excluding carboxylic acids is 1. The first-order valence-corrected chi connectivity index (χ1v) is 8.21. The SMILES string of the molecule is Cc1cncc(CNC(=O)c2sc(-n3ccc(O)cc3=O)nc2C)n1. The van der Waals surface area contributed by atoms with Crippen LogP contribution in [0.3, 0.4) is 0 Å². The number of aryl methyl sites for hydroxylation is 2. The molecule has 3 aromatic heterocycles. The summed E-state index contributed by atoms with van der Waals surface area (Å²) < 4.78 is 1.28. The minimum absolute atomic E-state index is 0.119. The quantitative estimate of drug-likeness (QED) is 0.729. The molecule has 0 radical (unpaired) electrons. The number of thiazole rings is 1. The van der Waals surface area contributed by atoms with Crippen LogP contribution in [0, 0.1) is 13.8 Å². The van der Waals surface area contributed by atoms with Crippen molar-refractivity contribution in [3.05, 3.63) is 63.0 Å². The molecule has 128 valence electrons. The van der Waals surface area contributed by atoms with Crippen LogP contribution in [0.4, 0.5) is 0 Å². The zero-order valence-corrected chi connectivity index (χ0v) is 14.4. The lowest BCUT2D eigenvalue weighted by molar-refractivity contribution is 0.0953. The topological polar surface area (TPSA) is 110 Å². The van der Waals surface area contributed by atoms with Crippen molar-refractivity contribution in [2.45, 2.75) is 20.4 Å². The van der Waals surface area contributed by atoms with Crippen molar-refractivity contribution in [3.8, 4) is 10.9 Å². The van der Waals surface area contributed by atoms with Gasteiger partial charge in [0.15, 0.2) is 5.13 Å². The van der Waals surface area contributed by atoms with Gasteiger partial charge >= 0.3 is 0 Å². The maximum Gasteiger partial charge on any atom is 0.263 e. The summed E-state index contributed by atoms with van der Waals surface area (Å²) in [5, 5.41) is 12.5. The second-order valence-electron chi connectivity index (χ2n) is 5.34. The van der Waals surface area contributed by atoms with Gasteiger partial charge in [-0.2, -0.15) is 0 Å². The third-order valence-electron chi connectivity index (χ3n) is 3.34. The van der Waals surface area contributed by atoms with Gasteiger partial charge in [-0.05, 0) is 19.9 Å². The zero-order chi connectivity index (χ0) is 18.0. The molecule has 2 N–H and O–H groups in total. The fourth-order valence-electron chi connectivity index (χ4n) is 2.17. The molecule has 0 spiro atoms. The molecule has 8 nitrogen and oxygen atoms in total. The normalized spacial score (nSPS) is 10.6. The lowest BCUT2D eigenvalue weighted by Crippen LogP contribution is -2.23. The number of aromatic hydroxyl groups is 1. The fourth-order valence-corrected chi connectivity index (χ4v) is 3.15. The number of hydrogen-bond donors (Lipinski definition) is 2. The van der Waals surface area contributed by atoms with Crippen molar-refractivity contribution in [1.29, 1.82) is 0 Å². The number of aromatic nitrogens is 4. The second-order valence-corrected chi connectivity index (χ2v) is 6.32. The summed E-state index contributed by atoms with van der Waals surface area (Å²) in [5.74, 6) is -0.414. The van der Waals surface area contributed by atoms with Gasteiger partial charge in [0, 0.05) is 18.5 Å². The van der Waals surface area contributed by atoms with Crippen LogP contribution < -0.4 is 10.9 Å². The summed E-state index contributed by atoms with van der Waals surface area (Å²) in [7, 11) is 0. The molecular weight excluding hydrogens is 342 g/mol. The summed E-state index contributed by atoms with van der Waals surface area (Å²) >= 11 is 1.10. The molecule has 0 aliphatic rings. The average Bonchev–Trinajstić information content (AvgIpc) is 2.94. The monoisotopic (exact) mass is 357 g/mol. The van der Waals surface area contributed by atoms with Crippen LogP contribution in [0.15, 0.2) is 35.5 Å². The summed E-state index contributed by atoms with van der Waals surface area (Å²) in [6.45, 7) is 3.78. The molecule has 3 rings (SSSR count). The van der Waals surface area contributed by atoms with Crippen LogP contribution in [-0.2, 0) is 6.54 Å². The van der Waals surface area contributed by atoms with Crippen molar-refractivity contribution >= 4 is 17.2 Å². The molecule has 0 aliphatic carbocycles. The van der Waals surface area contributed by atoms with E-state index < -0.39 is 5.56 Å². The third kappa shape index (κ3) is 3.72. The van der Waals surface area contributed by atoms with Crippen molar-refractivity contribution < 1.29 is 9.90 Å². The van der Waals surface area contributed by atoms with Gasteiger partial charge in [0.25, 0.3) is 11.5 Å². The maximum atomic E-state index is 12.4. The first-order chi connectivity index (χ1) is 11.9. The van der Waals surface area contributed by atoms with Crippen molar-refractivity contribution in [1.82, 2.24) is 24.8 Å². The molecule has 0 aliphatic heterocycles. The Morgan fingerprint density at radius 1 is 1.32 bits per heavy atom. The van der Waals surface area contributed by atoms with Gasteiger partial charge < -0.3 is 10.4 Å². The predicted molar refractivity (Wildman–Crippen MR) is 92.1 cm³/mol. The molecule has 0 saturated heterocycles. The van der Waals surface area contributed by atoms with Crippen LogP contribution in [0.25, 0.3) is 5.13 Å². The molecule has 0 aromatic carbocycles. The molecule has 9 heteroatoms. The number of rotatable bonds is 4. The minimum atomic E-state index is -0.421. The summed E-state index contributed by atoms with van der Waals surface area (Å²) in [6, 6.07) is 2.47.